The van der Waals surface area contributed by atoms with Crippen LogP contribution >= 0.6 is 15.9 Å². The van der Waals surface area contributed by atoms with E-state index in [0.29, 0.717) is 0 Å². The van der Waals surface area contributed by atoms with Gasteiger partial charge in [-0.15, -0.1) is 0 Å². The number of hydrogen-bond donors (Lipinski definition) is 2. The Bertz CT molecular complexity index is 521. The van der Waals surface area contributed by atoms with Crippen molar-refractivity contribution < 1.29 is 28.9 Å². The number of nitrogens with one attached hydrogen (secondary N) is 1. The monoisotopic (exact) mass is 405 g/mol. The molecule has 0 radical (unpaired) electrons. The van der Waals surface area contributed by atoms with Gasteiger partial charge in [-0.05, 0) is 49.7 Å². The van der Waals surface area contributed by atoms with Crippen LogP contribution in [0.15, 0.2) is 10.6 Å². The predicted octanol–water partition coefficient (Wildman–Crippen LogP) is 0.885. The number of aliphatic hydroxyl groups is 1. The SMILES string of the molecule is CC(C)OC[C@H]1O[C@@H](C2C=C(Br)C(=O)NC2=O)[C@@H](O)C1OC(C)C. The largest absolute Gasteiger partial charge is 0.388 e. The molecule has 0 saturated carbocycles. The van der Waals surface area contributed by atoms with Gasteiger partial charge >= 0.3 is 0 Å². The van der Waals surface area contributed by atoms with E-state index in [4.69, 9.17) is 14.2 Å². The number of aliphatic hydroxyl groups excluding tert-OH is 1. The van der Waals surface area contributed by atoms with E-state index in [2.05, 4.69) is 21.2 Å². The number of ether oxygens (including phenoxy) is 3. The third-order valence-electron chi connectivity index (χ3n) is 3.83. The van der Waals surface area contributed by atoms with Gasteiger partial charge in [-0.2, -0.15) is 0 Å². The average Bonchev–Trinajstić information content (AvgIpc) is 2.77. The minimum absolute atomic E-state index is 0.00846. The Morgan fingerprint density at radius 2 is 1.96 bits per heavy atom. The lowest BCUT2D eigenvalue weighted by atomic mass is 9.93. The summed E-state index contributed by atoms with van der Waals surface area (Å²) in [6.07, 6.45) is -1.55. The molecule has 0 aliphatic carbocycles. The normalized spacial score (nSPS) is 34.0. The number of carbonyl (C=O) groups is 2. The van der Waals surface area contributed by atoms with Crippen LogP contribution in [-0.2, 0) is 23.8 Å². The fraction of sp³-hybridized carbons (Fsp3) is 0.750. The molecule has 0 aromatic heterocycles. The van der Waals surface area contributed by atoms with Gasteiger partial charge in [0.25, 0.3) is 5.91 Å². The van der Waals surface area contributed by atoms with Crippen molar-refractivity contribution in [2.24, 2.45) is 5.92 Å². The maximum atomic E-state index is 12.1. The van der Waals surface area contributed by atoms with E-state index >= 15 is 0 Å². The highest BCUT2D eigenvalue weighted by Gasteiger charge is 2.50. The summed E-state index contributed by atoms with van der Waals surface area (Å²) in [5.74, 6) is -1.78. The second-order valence-electron chi connectivity index (χ2n) is 6.52. The summed E-state index contributed by atoms with van der Waals surface area (Å²) < 4.78 is 17.5. The molecule has 2 rings (SSSR count). The summed E-state index contributed by atoms with van der Waals surface area (Å²) >= 11 is 3.11. The molecule has 0 aromatic rings. The van der Waals surface area contributed by atoms with Gasteiger partial charge in [0.2, 0.25) is 5.91 Å². The van der Waals surface area contributed by atoms with Gasteiger partial charge in [0.15, 0.2) is 0 Å². The maximum Gasteiger partial charge on any atom is 0.264 e. The highest BCUT2D eigenvalue weighted by Crippen LogP contribution is 2.33. The van der Waals surface area contributed by atoms with Gasteiger partial charge in [-0.1, -0.05) is 0 Å². The molecule has 2 amide bonds. The Kier molecular flexibility index (Phi) is 6.55. The highest BCUT2D eigenvalue weighted by atomic mass is 79.9. The molecule has 8 heteroatoms. The molecule has 2 heterocycles. The second kappa shape index (κ2) is 8.05. The van der Waals surface area contributed by atoms with Crippen molar-refractivity contribution in [2.75, 3.05) is 6.61 Å². The first-order valence-corrected chi connectivity index (χ1v) is 8.83. The van der Waals surface area contributed by atoms with Crippen molar-refractivity contribution >= 4 is 27.7 Å². The lowest BCUT2D eigenvalue weighted by Crippen LogP contribution is -2.47. The number of rotatable bonds is 6. The molecule has 24 heavy (non-hydrogen) atoms. The first-order valence-electron chi connectivity index (χ1n) is 8.03. The van der Waals surface area contributed by atoms with Crippen molar-refractivity contribution in [2.45, 2.75) is 64.3 Å². The molecule has 0 spiro atoms. The standard InChI is InChI=1S/C16H24BrNO6/c1-7(2)22-6-11-14(23-8(3)4)12(19)13(24-11)9-5-10(17)16(21)18-15(9)20/h5,7-9,11-14,19H,6H2,1-4H3,(H,18,20,21)/t9?,11-,12-,13+,14?/m1/s1. The van der Waals surface area contributed by atoms with Crippen LogP contribution in [-0.4, -0.2) is 60.2 Å². The van der Waals surface area contributed by atoms with Crippen molar-refractivity contribution in [3.05, 3.63) is 10.6 Å². The number of halogens is 1. The van der Waals surface area contributed by atoms with Crippen LogP contribution < -0.4 is 5.32 Å². The smallest absolute Gasteiger partial charge is 0.264 e. The van der Waals surface area contributed by atoms with Gasteiger partial charge in [-0.3, -0.25) is 14.9 Å². The van der Waals surface area contributed by atoms with Crippen molar-refractivity contribution in [3.8, 4) is 0 Å². The Balaban J connectivity index is 2.18. The average molecular weight is 406 g/mol. The van der Waals surface area contributed by atoms with Crippen molar-refractivity contribution in [3.63, 3.8) is 0 Å². The van der Waals surface area contributed by atoms with Crippen LogP contribution in [0.4, 0.5) is 0 Å². The zero-order valence-electron chi connectivity index (χ0n) is 14.2. The van der Waals surface area contributed by atoms with Crippen LogP contribution in [0.5, 0.6) is 0 Å². The van der Waals surface area contributed by atoms with Gasteiger partial charge in [-0.25, -0.2) is 0 Å². The quantitative estimate of drug-likeness (QED) is 0.637. The number of imide groups is 1. The Morgan fingerprint density at radius 1 is 1.29 bits per heavy atom. The molecule has 1 saturated heterocycles. The molecule has 2 aliphatic rings. The summed E-state index contributed by atoms with van der Waals surface area (Å²) in [6.45, 7) is 7.79. The van der Waals surface area contributed by atoms with Crippen LogP contribution in [0, 0.1) is 5.92 Å². The van der Waals surface area contributed by atoms with E-state index in [9.17, 15) is 14.7 Å². The summed E-state index contributed by atoms with van der Waals surface area (Å²) in [6, 6.07) is 0. The predicted molar refractivity (Wildman–Crippen MR) is 89.4 cm³/mol. The maximum absolute atomic E-state index is 12.1. The van der Waals surface area contributed by atoms with Crippen LogP contribution in [0.2, 0.25) is 0 Å². The molecule has 0 bridgehead atoms. The Labute approximate surface area is 149 Å². The lowest BCUT2D eigenvalue weighted by Gasteiger charge is -2.26. The molecule has 2 N–H and O–H groups in total. The summed E-state index contributed by atoms with van der Waals surface area (Å²) in [7, 11) is 0. The Morgan fingerprint density at radius 3 is 2.54 bits per heavy atom. The second-order valence-corrected chi connectivity index (χ2v) is 7.37. The number of amides is 2. The van der Waals surface area contributed by atoms with E-state index in [0.717, 1.165) is 0 Å². The zero-order chi connectivity index (χ0) is 18.0. The van der Waals surface area contributed by atoms with Crippen molar-refractivity contribution in [1.29, 1.82) is 0 Å². The third kappa shape index (κ3) is 4.43. The lowest BCUT2D eigenvalue weighted by molar-refractivity contribution is -0.136. The first-order chi connectivity index (χ1) is 11.2. The van der Waals surface area contributed by atoms with Crippen LogP contribution in [0.25, 0.3) is 0 Å². The van der Waals surface area contributed by atoms with E-state index in [-0.39, 0.29) is 23.3 Å². The topological polar surface area (TPSA) is 94.1 Å². The molecule has 2 unspecified atom stereocenters. The van der Waals surface area contributed by atoms with Gasteiger partial charge in [0.05, 0.1) is 29.2 Å². The van der Waals surface area contributed by atoms with Gasteiger partial charge < -0.3 is 19.3 Å². The van der Waals surface area contributed by atoms with Gasteiger partial charge in [0, 0.05) is 0 Å². The first kappa shape index (κ1) is 19.5. The minimum Gasteiger partial charge on any atom is -0.388 e. The van der Waals surface area contributed by atoms with Gasteiger partial charge in [0.1, 0.15) is 24.4 Å². The zero-order valence-corrected chi connectivity index (χ0v) is 15.8. The number of carbonyl (C=O) groups excluding carboxylic acids is 2. The van der Waals surface area contributed by atoms with Crippen molar-refractivity contribution in [1.82, 2.24) is 5.32 Å². The molecule has 5 atom stereocenters. The van der Waals surface area contributed by atoms with E-state index in [1.54, 1.807) is 0 Å². The fourth-order valence-corrected chi connectivity index (χ4v) is 3.16. The fourth-order valence-electron chi connectivity index (χ4n) is 2.78. The molecule has 1 fully saturated rings. The molecular formula is C16H24BrNO6. The molecule has 136 valence electrons. The van der Waals surface area contributed by atoms with E-state index in [1.165, 1.54) is 6.08 Å². The summed E-state index contributed by atoms with van der Waals surface area (Å²) in [5.41, 5.74) is 0. The minimum atomic E-state index is -1.01. The molecule has 7 nitrogen and oxygen atoms in total. The van der Waals surface area contributed by atoms with E-state index < -0.39 is 42.1 Å². The van der Waals surface area contributed by atoms with Crippen LogP contribution in [0.3, 0.4) is 0 Å². The van der Waals surface area contributed by atoms with Crippen LogP contribution in [0.1, 0.15) is 27.7 Å². The highest BCUT2D eigenvalue weighted by molar-refractivity contribution is 9.12. The molecular weight excluding hydrogens is 382 g/mol. The summed E-state index contributed by atoms with van der Waals surface area (Å²) in [5, 5.41) is 12.9. The summed E-state index contributed by atoms with van der Waals surface area (Å²) in [4.78, 5) is 23.6. The third-order valence-corrected chi connectivity index (χ3v) is 4.46. The Hall–Kier alpha value is -0.800. The molecule has 0 aromatic carbocycles. The molecule has 2 aliphatic heterocycles. The van der Waals surface area contributed by atoms with E-state index in [1.807, 2.05) is 27.7 Å². The number of hydrogen-bond acceptors (Lipinski definition) is 6.